The van der Waals surface area contributed by atoms with Gasteiger partial charge in [-0.3, -0.25) is 4.79 Å². The van der Waals surface area contributed by atoms with Crippen molar-refractivity contribution in [2.45, 2.75) is 25.8 Å². The molecular weight excluding hydrogens is 278 g/mol. The van der Waals surface area contributed by atoms with Crippen molar-refractivity contribution in [2.24, 2.45) is 5.92 Å². The van der Waals surface area contributed by atoms with Gasteiger partial charge in [0, 0.05) is 24.2 Å². The van der Waals surface area contributed by atoms with Crippen molar-refractivity contribution >= 4 is 11.6 Å². The van der Waals surface area contributed by atoms with E-state index in [1.807, 2.05) is 36.5 Å². The highest BCUT2D eigenvalue weighted by atomic mass is 16.3. The molecule has 0 fully saturated rings. The van der Waals surface area contributed by atoms with E-state index in [0.29, 0.717) is 6.54 Å². The van der Waals surface area contributed by atoms with Gasteiger partial charge < -0.3 is 14.1 Å². The van der Waals surface area contributed by atoms with Crippen molar-refractivity contribution in [2.75, 3.05) is 0 Å². The lowest BCUT2D eigenvalue weighted by atomic mass is 9.89. The number of hydrogen-bond acceptors (Lipinski definition) is 3. The highest BCUT2D eigenvalue weighted by Gasteiger charge is 2.27. The zero-order valence-corrected chi connectivity index (χ0v) is 12.2. The molecule has 1 aliphatic carbocycles. The van der Waals surface area contributed by atoms with Crippen LogP contribution in [0.5, 0.6) is 0 Å². The Morgan fingerprint density at radius 3 is 3.18 bits per heavy atom. The molecule has 5 nitrogen and oxygen atoms in total. The number of nitrogens with one attached hydrogen (secondary N) is 1. The molecule has 22 heavy (non-hydrogen) atoms. The van der Waals surface area contributed by atoms with Crippen LogP contribution < -0.4 is 5.32 Å². The third kappa shape index (κ3) is 2.28. The minimum Gasteiger partial charge on any atom is -0.467 e. The van der Waals surface area contributed by atoms with E-state index in [1.165, 1.54) is 5.69 Å². The number of carbonyl (C=O) groups is 1. The van der Waals surface area contributed by atoms with Crippen molar-refractivity contribution in [3.05, 3.63) is 59.9 Å². The van der Waals surface area contributed by atoms with Crippen LogP contribution in [0.25, 0.3) is 5.65 Å². The molecule has 1 atom stereocenters. The van der Waals surface area contributed by atoms with Crippen LogP contribution in [0.1, 0.15) is 23.6 Å². The van der Waals surface area contributed by atoms with E-state index in [2.05, 4.69) is 14.7 Å². The largest absolute Gasteiger partial charge is 0.467 e. The number of furan rings is 1. The maximum atomic E-state index is 12.4. The third-order valence-electron chi connectivity index (χ3n) is 4.27. The first-order valence-electron chi connectivity index (χ1n) is 7.56. The van der Waals surface area contributed by atoms with Crippen LogP contribution >= 0.6 is 0 Å². The lowest BCUT2D eigenvalue weighted by Crippen LogP contribution is -2.33. The minimum atomic E-state index is 0.00238. The molecule has 0 aromatic carbocycles. The first kappa shape index (κ1) is 13.1. The summed E-state index contributed by atoms with van der Waals surface area (Å²) in [6.45, 7) is 0.447. The zero-order valence-electron chi connectivity index (χ0n) is 12.2. The number of pyridine rings is 1. The van der Waals surface area contributed by atoms with E-state index in [0.717, 1.165) is 36.4 Å². The van der Waals surface area contributed by atoms with E-state index >= 15 is 0 Å². The zero-order chi connectivity index (χ0) is 14.9. The van der Waals surface area contributed by atoms with Gasteiger partial charge in [-0.15, -0.1) is 0 Å². The number of rotatable bonds is 3. The highest BCUT2D eigenvalue weighted by Crippen LogP contribution is 2.26. The maximum absolute atomic E-state index is 12.4. The van der Waals surface area contributed by atoms with Gasteiger partial charge in [-0.05, 0) is 37.1 Å². The summed E-state index contributed by atoms with van der Waals surface area (Å²) < 4.78 is 7.34. The number of aromatic nitrogens is 2. The van der Waals surface area contributed by atoms with Gasteiger partial charge in [0.2, 0.25) is 5.91 Å². The third-order valence-corrected chi connectivity index (χ3v) is 4.27. The smallest absolute Gasteiger partial charge is 0.223 e. The van der Waals surface area contributed by atoms with Crippen LogP contribution in [0.4, 0.5) is 0 Å². The van der Waals surface area contributed by atoms with Crippen LogP contribution in [0.3, 0.4) is 0 Å². The lowest BCUT2D eigenvalue weighted by molar-refractivity contribution is -0.125. The van der Waals surface area contributed by atoms with Gasteiger partial charge in [0.1, 0.15) is 11.4 Å². The molecule has 1 amide bonds. The summed E-state index contributed by atoms with van der Waals surface area (Å²) in [6, 6.07) is 9.68. The van der Waals surface area contributed by atoms with Crippen molar-refractivity contribution in [1.29, 1.82) is 0 Å². The quantitative estimate of drug-likeness (QED) is 0.807. The molecule has 3 aromatic heterocycles. The van der Waals surface area contributed by atoms with Crippen molar-refractivity contribution < 1.29 is 9.21 Å². The lowest BCUT2D eigenvalue weighted by Gasteiger charge is -2.21. The molecule has 3 heterocycles. The Morgan fingerprint density at radius 2 is 2.32 bits per heavy atom. The van der Waals surface area contributed by atoms with E-state index < -0.39 is 0 Å². The number of hydrogen-bond donors (Lipinski definition) is 1. The molecule has 1 unspecified atom stereocenters. The molecule has 4 rings (SSSR count). The number of fused-ring (bicyclic) bond motifs is 3. The minimum absolute atomic E-state index is 0.00238. The fourth-order valence-corrected chi connectivity index (χ4v) is 3.11. The van der Waals surface area contributed by atoms with Gasteiger partial charge in [0.05, 0.1) is 18.5 Å². The maximum Gasteiger partial charge on any atom is 0.223 e. The van der Waals surface area contributed by atoms with Gasteiger partial charge in [0.15, 0.2) is 0 Å². The van der Waals surface area contributed by atoms with Crippen LogP contribution in [0.15, 0.2) is 47.2 Å². The topological polar surface area (TPSA) is 59.5 Å². The van der Waals surface area contributed by atoms with Gasteiger partial charge in [-0.2, -0.15) is 0 Å². The molecule has 0 aliphatic heterocycles. The van der Waals surface area contributed by atoms with Crippen LogP contribution in [-0.4, -0.2) is 15.3 Å². The number of carbonyl (C=O) groups excluding carboxylic acids is 1. The van der Waals surface area contributed by atoms with Crippen molar-refractivity contribution in [3.8, 4) is 0 Å². The van der Waals surface area contributed by atoms with Gasteiger partial charge in [0.25, 0.3) is 0 Å². The summed E-state index contributed by atoms with van der Waals surface area (Å²) in [4.78, 5) is 17.0. The van der Waals surface area contributed by atoms with Crippen molar-refractivity contribution in [1.82, 2.24) is 14.7 Å². The number of nitrogens with zero attached hydrogens (tertiary/aromatic N) is 2. The Hall–Kier alpha value is -2.56. The molecule has 0 spiro atoms. The Morgan fingerprint density at radius 1 is 1.36 bits per heavy atom. The molecule has 0 bridgehead atoms. The standard InChI is InChI=1S/C17H17N3O2/c21-17(18-11-13-4-3-9-22-13)12-6-7-14-15(10-12)20-8-2-1-5-16(20)19-14/h1-5,8-9,12H,6-7,10-11H2,(H,18,21). The summed E-state index contributed by atoms with van der Waals surface area (Å²) in [7, 11) is 0. The summed E-state index contributed by atoms with van der Waals surface area (Å²) in [5.41, 5.74) is 3.26. The van der Waals surface area contributed by atoms with Crippen LogP contribution in [0.2, 0.25) is 0 Å². The number of amides is 1. The second-order valence-electron chi connectivity index (χ2n) is 5.67. The summed E-state index contributed by atoms with van der Waals surface area (Å²) in [5.74, 6) is 0.871. The Balaban J connectivity index is 1.50. The fraction of sp³-hybridized carbons (Fsp3) is 0.294. The Labute approximate surface area is 128 Å². The molecule has 112 valence electrons. The summed E-state index contributed by atoms with van der Waals surface area (Å²) in [6.07, 6.45) is 6.08. The first-order valence-corrected chi connectivity index (χ1v) is 7.56. The van der Waals surface area contributed by atoms with Crippen LogP contribution in [-0.2, 0) is 24.2 Å². The predicted octanol–water partition coefficient (Wildman–Crippen LogP) is 2.35. The average Bonchev–Trinajstić information content (AvgIpc) is 3.19. The average molecular weight is 295 g/mol. The normalized spacial score (nSPS) is 17.4. The second kappa shape index (κ2) is 5.33. The number of imidazole rings is 1. The first-order chi connectivity index (χ1) is 10.8. The van der Waals surface area contributed by atoms with Crippen molar-refractivity contribution in [3.63, 3.8) is 0 Å². The summed E-state index contributed by atoms with van der Waals surface area (Å²) >= 11 is 0. The fourth-order valence-electron chi connectivity index (χ4n) is 3.11. The Kier molecular flexibility index (Phi) is 3.18. The highest BCUT2D eigenvalue weighted by molar-refractivity contribution is 5.79. The molecule has 1 aliphatic rings. The van der Waals surface area contributed by atoms with E-state index in [-0.39, 0.29) is 11.8 Å². The molecule has 5 heteroatoms. The molecular formula is C17H17N3O2. The number of aryl methyl sites for hydroxylation is 1. The van der Waals surface area contributed by atoms with E-state index in [9.17, 15) is 4.79 Å². The molecule has 0 saturated heterocycles. The van der Waals surface area contributed by atoms with E-state index in [1.54, 1.807) is 6.26 Å². The summed E-state index contributed by atoms with van der Waals surface area (Å²) in [5, 5.41) is 2.96. The predicted molar refractivity (Wildman–Crippen MR) is 81.3 cm³/mol. The van der Waals surface area contributed by atoms with Crippen LogP contribution in [0, 0.1) is 5.92 Å². The molecule has 0 saturated carbocycles. The molecule has 0 radical (unpaired) electrons. The van der Waals surface area contributed by atoms with Gasteiger partial charge >= 0.3 is 0 Å². The SMILES string of the molecule is O=C(NCc1ccco1)C1CCc2nc3ccccn3c2C1. The monoisotopic (exact) mass is 295 g/mol. The van der Waals surface area contributed by atoms with Gasteiger partial charge in [-0.25, -0.2) is 4.98 Å². The Bertz CT molecular complexity index is 805. The molecule has 1 N–H and O–H groups in total. The second-order valence-corrected chi connectivity index (χ2v) is 5.67. The molecule has 3 aromatic rings. The van der Waals surface area contributed by atoms with Gasteiger partial charge in [-0.1, -0.05) is 6.07 Å². The van der Waals surface area contributed by atoms with E-state index in [4.69, 9.17) is 4.42 Å².